The van der Waals surface area contributed by atoms with Gasteiger partial charge in [-0.3, -0.25) is 23.7 Å². The number of carbonyl (C=O) groups is 1. The summed E-state index contributed by atoms with van der Waals surface area (Å²) >= 11 is 0. The Bertz CT molecular complexity index is 1300. The zero-order valence-corrected chi connectivity index (χ0v) is 21.7. The second-order valence-electron chi connectivity index (χ2n) is 8.95. The van der Waals surface area contributed by atoms with Gasteiger partial charge in [0.05, 0.1) is 12.7 Å². The van der Waals surface area contributed by atoms with E-state index in [4.69, 9.17) is 24.9 Å². The normalized spacial score (nSPS) is 25.7. The largest absolute Gasteiger partial charge is 0.462 e. The molecule has 12 nitrogen and oxygen atoms in total. The maximum absolute atomic E-state index is 13.7. The highest BCUT2D eigenvalue weighted by molar-refractivity contribution is 7.52. The SMILES string of the molecule is C#C[C@]1(C)[C@H](O)[C@@H](COP(=O)(N[C@@H](C)C(=O)OC(C)C)Oc2ccccc2)O[C@H]1n1ccc(=O)[nH]c1=O. The van der Waals surface area contributed by atoms with Crippen molar-refractivity contribution in [1.29, 1.82) is 0 Å². The molecule has 200 valence electrons. The van der Waals surface area contributed by atoms with E-state index in [9.17, 15) is 24.1 Å². The summed E-state index contributed by atoms with van der Waals surface area (Å²) in [6, 6.07) is 8.18. The molecular weight excluding hydrogens is 505 g/mol. The minimum atomic E-state index is -4.24. The lowest BCUT2D eigenvalue weighted by Gasteiger charge is -2.28. The van der Waals surface area contributed by atoms with Crippen molar-refractivity contribution in [2.45, 2.75) is 58.3 Å². The van der Waals surface area contributed by atoms with Crippen molar-refractivity contribution >= 4 is 13.7 Å². The molecule has 2 aromatic rings. The first kappa shape index (κ1) is 28.4. The van der Waals surface area contributed by atoms with E-state index in [-0.39, 0.29) is 5.75 Å². The van der Waals surface area contributed by atoms with Crippen molar-refractivity contribution in [3.8, 4) is 18.1 Å². The molecule has 1 aliphatic heterocycles. The van der Waals surface area contributed by atoms with Crippen LogP contribution in [0.3, 0.4) is 0 Å². The number of rotatable bonds is 10. The number of aliphatic hydroxyl groups excluding tert-OH is 1. The van der Waals surface area contributed by atoms with Gasteiger partial charge in [-0.25, -0.2) is 9.36 Å². The number of aromatic nitrogens is 2. The summed E-state index contributed by atoms with van der Waals surface area (Å²) < 4.78 is 36.9. The summed E-state index contributed by atoms with van der Waals surface area (Å²) in [4.78, 5) is 38.2. The third-order valence-corrected chi connectivity index (χ3v) is 7.28. The van der Waals surface area contributed by atoms with Crippen molar-refractivity contribution in [2.75, 3.05) is 6.61 Å². The van der Waals surface area contributed by atoms with E-state index < -0.39 is 67.6 Å². The molecule has 3 rings (SSSR count). The molecule has 0 radical (unpaired) electrons. The summed E-state index contributed by atoms with van der Waals surface area (Å²) in [5.41, 5.74) is -2.82. The van der Waals surface area contributed by atoms with Gasteiger partial charge in [-0.05, 0) is 39.8 Å². The second-order valence-corrected chi connectivity index (χ2v) is 10.6. The molecule has 0 saturated carbocycles. The van der Waals surface area contributed by atoms with Gasteiger partial charge >= 0.3 is 19.4 Å². The number of benzene rings is 1. The molecule has 3 N–H and O–H groups in total. The first-order valence-electron chi connectivity index (χ1n) is 11.5. The molecule has 1 aromatic heterocycles. The summed E-state index contributed by atoms with van der Waals surface area (Å²) in [5.74, 6) is 1.97. The van der Waals surface area contributed by atoms with Crippen LogP contribution in [0.25, 0.3) is 0 Å². The number of aliphatic hydroxyl groups is 1. The van der Waals surface area contributed by atoms with Crippen molar-refractivity contribution in [2.24, 2.45) is 5.41 Å². The van der Waals surface area contributed by atoms with Crippen LogP contribution in [0.2, 0.25) is 0 Å². The zero-order valence-electron chi connectivity index (χ0n) is 20.8. The monoisotopic (exact) mass is 535 g/mol. The van der Waals surface area contributed by atoms with Gasteiger partial charge in [0.1, 0.15) is 29.4 Å². The summed E-state index contributed by atoms with van der Waals surface area (Å²) in [6.07, 6.45) is 2.80. The molecule has 1 fully saturated rings. The van der Waals surface area contributed by atoms with Crippen molar-refractivity contribution in [3.05, 3.63) is 63.4 Å². The quantitative estimate of drug-likeness (QED) is 0.232. The van der Waals surface area contributed by atoms with Crippen molar-refractivity contribution in [1.82, 2.24) is 14.6 Å². The molecule has 0 bridgehead atoms. The van der Waals surface area contributed by atoms with Crippen LogP contribution >= 0.6 is 7.75 Å². The molecule has 0 spiro atoms. The molecule has 37 heavy (non-hydrogen) atoms. The maximum Gasteiger partial charge on any atom is 0.459 e. The van der Waals surface area contributed by atoms with E-state index >= 15 is 0 Å². The molecule has 1 unspecified atom stereocenters. The van der Waals surface area contributed by atoms with Crippen LogP contribution in [-0.4, -0.2) is 51.6 Å². The number of nitrogens with one attached hydrogen (secondary N) is 2. The van der Waals surface area contributed by atoms with Gasteiger partial charge in [0, 0.05) is 12.3 Å². The van der Waals surface area contributed by atoms with Gasteiger partial charge in [-0.2, -0.15) is 5.09 Å². The van der Waals surface area contributed by atoms with Gasteiger partial charge in [0.2, 0.25) is 0 Å². The van der Waals surface area contributed by atoms with E-state index in [1.54, 1.807) is 44.2 Å². The minimum absolute atomic E-state index is 0.196. The predicted molar refractivity (Wildman–Crippen MR) is 133 cm³/mol. The number of H-pyrrole nitrogens is 1. The topological polar surface area (TPSA) is 158 Å². The van der Waals surface area contributed by atoms with Gasteiger partial charge < -0.3 is 19.1 Å². The Morgan fingerprint density at radius 2 is 1.97 bits per heavy atom. The Hall–Kier alpha value is -3.20. The third kappa shape index (κ3) is 6.57. The first-order chi connectivity index (χ1) is 17.4. The summed E-state index contributed by atoms with van der Waals surface area (Å²) in [6.45, 7) is 5.79. The van der Waals surface area contributed by atoms with Crippen LogP contribution in [0, 0.1) is 17.8 Å². The van der Waals surface area contributed by atoms with E-state index in [1.807, 2.05) is 0 Å². The number of esters is 1. The number of carbonyl (C=O) groups excluding carboxylic acids is 1. The van der Waals surface area contributed by atoms with Gasteiger partial charge in [0.25, 0.3) is 5.56 Å². The highest BCUT2D eigenvalue weighted by Crippen LogP contribution is 2.48. The van der Waals surface area contributed by atoms with E-state index in [0.29, 0.717) is 0 Å². The first-order valence-corrected chi connectivity index (χ1v) is 13.0. The Labute approximate surface area is 213 Å². The fourth-order valence-electron chi connectivity index (χ4n) is 3.67. The lowest BCUT2D eigenvalue weighted by molar-refractivity contribution is -0.149. The number of nitrogens with zero attached hydrogens (tertiary/aromatic N) is 1. The summed E-state index contributed by atoms with van der Waals surface area (Å²) in [7, 11) is -4.24. The molecule has 1 aliphatic rings. The molecule has 1 saturated heterocycles. The van der Waals surface area contributed by atoms with E-state index in [2.05, 4.69) is 16.0 Å². The molecule has 13 heteroatoms. The second kappa shape index (κ2) is 11.5. The van der Waals surface area contributed by atoms with Crippen LogP contribution in [0.1, 0.15) is 33.9 Å². The average Bonchev–Trinajstić information content (AvgIpc) is 3.08. The average molecular weight is 535 g/mol. The van der Waals surface area contributed by atoms with Crippen LogP contribution in [-0.2, 0) is 23.4 Å². The van der Waals surface area contributed by atoms with E-state index in [0.717, 1.165) is 10.6 Å². The Balaban J connectivity index is 1.84. The standard InChI is InChI=1S/C24H30N3O9P/c1-6-24(5)20(29)18(35-22(24)27-13-12-19(28)25-23(27)31)14-33-37(32,36-17-10-8-7-9-11-17)26-16(4)21(30)34-15(2)3/h1,7-13,15-16,18,20,22,29H,14H2,2-5H3,(H,26,32)(H,25,28,31)/t16-,18+,20+,22+,24+,37?/m0/s1. The van der Waals surface area contributed by atoms with Crippen molar-refractivity contribution in [3.63, 3.8) is 0 Å². The lowest BCUT2D eigenvalue weighted by Crippen LogP contribution is -2.41. The highest BCUT2D eigenvalue weighted by atomic mass is 31.2. The minimum Gasteiger partial charge on any atom is -0.462 e. The van der Waals surface area contributed by atoms with Gasteiger partial charge in [-0.15, -0.1) is 6.42 Å². The number of hydrogen-bond donors (Lipinski definition) is 3. The fraction of sp³-hybridized carbons (Fsp3) is 0.458. The van der Waals surface area contributed by atoms with Gasteiger partial charge in [0.15, 0.2) is 6.23 Å². The van der Waals surface area contributed by atoms with Crippen LogP contribution in [0.4, 0.5) is 0 Å². The van der Waals surface area contributed by atoms with Crippen LogP contribution in [0.15, 0.2) is 52.2 Å². The number of para-hydroxylation sites is 1. The van der Waals surface area contributed by atoms with E-state index in [1.165, 1.54) is 20.0 Å². The highest BCUT2D eigenvalue weighted by Gasteiger charge is 2.54. The lowest BCUT2D eigenvalue weighted by atomic mass is 9.83. The van der Waals surface area contributed by atoms with Crippen LogP contribution in [0.5, 0.6) is 5.75 Å². The maximum atomic E-state index is 13.7. The third-order valence-electron chi connectivity index (χ3n) is 5.63. The van der Waals surface area contributed by atoms with Crippen LogP contribution < -0.4 is 20.9 Å². The Morgan fingerprint density at radius 1 is 1.30 bits per heavy atom. The molecule has 6 atom stereocenters. The fourth-order valence-corrected chi connectivity index (χ4v) is 5.18. The Kier molecular flexibility index (Phi) is 8.79. The zero-order chi connectivity index (χ0) is 27.4. The smallest absolute Gasteiger partial charge is 0.459 e. The number of terminal acetylenes is 1. The molecular formula is C24H30N3O9P. The number of ether oxygens (including phenoxy) is 2. The Morgan fingerprint density at radius 3 is 2.57 bits per heavy atom. The van der Waals surface area contributed by atoms with Crippen molar-refractivity contribution < 1.29 is 33.0 Å². The molecule has 0 amide bonds. The number of hydrogen-bond acceptors (Lipinski definition) is 9. The number of aromatic amines is 1. The summed E-state index contributed by atoms with van der Waals surface area (Å²) in [5, 5.41) is 13.5. The molecule has 1 aromatic carbocycles. The molecule has 0 aliphatic carbocycles. The van der Waals surface area contributed by atoms with Gasteiger partial charge in [-0.1, -0.05) is 24.1 Å². The predicted octanol–water partition coefficient (Wildman–Crippen LogP) is 1.57. The molecule has 2 heterocycles.